The van der Waals surface area contributed by atoms with Gasteiger partial charge in [0.15, 0.2) is 5.12 Å². The van der Waals surface area contributed by atoms with Crippen LogP contribution in [-0.2, 0) is 4.79 Å². The molecule has 1 aromatic rings. The van der Waals surface area contributed by atoms with E-state index in [9.17, 15) is 4.79 Å². The summed E-state index contributed by atoms with van der Waals surface area (Å²) < 4.78 is 0. The fourth-order valence-corrected chi connectivity index (χ4v) is 1.78. The lowest BCUT2D eigenvalue weighted by Gasteiger charge is -2.03. The van der Waals surface area contributed by atoms with E-state index in [1.54, 1.807) is 13.0 Å². The van der Waals surface area contributed by atoms with Gasteiger partial charge in [0.2, 0.25) is 0 Å². The Bertz CT molecular complexity index is 486. The highest BCUT2D eigenvalue weighted by Crippen LogP contribution is 2.19. The quantitative estimate of drug-likeness (QED) is 0.478. The molecular formula is C13H16N2OS. The molecule has 0 bridgehead atoms. The van der Waals surface area contributed by atoms with E-state index >= 15 is 0 Å². The van der Waals surface area contributed by atoms with Crippen LogP contribution in [0.15, 0.2) is 12.1 Å². The molecule has 0 amide bonds. The van der Waals surface area contributed by atoms with Gasteiger partial charge in [-0.15, -0.1) is 0 Å². The zero-order valence-electron chi connectivity index (χ0n) is 10.0. The van der Waals surface area contributed by atoms with E-state index < -0.39 is 0 Å². The molecule has 90 valence electrons. The number of nitrogens with two attached hydrogens (primary N) is 2. The molecule has 4 N–H and O–H groups in total. The second-order valence-corrected chi connectivity index (χ2v) is 4.96. The number of carbonyl (C=O) groups is 1. The summed E-state index contributed by atoms with van der Waals surface area (Å²) in [7, 11) is 0. The number of aryl methyl sites for hydroxylation is 1. The molecule has 3 nitrogen and oxygen atoms in total. The number of rotatable bonds is 2. The van der Waals surface area contributed by atoms with Gasteiger partial charge in [-0.1, -0.05) is 23.6 Å². The van der Waals surface area contributed by atoms with Gasteiger partial charge in [-0.3, -0.25) is 4.79 Å². The third-order valence-corrected chi connectivity index (χ3v) is 3.00. The van der Waals surface area contributed by atoms with Crippen LogP contribution in [0.2, 0.25) is 0 Å². The van der Waals surface area contributed by atoms with Crippen LogP contribution in [0, 0.1) is 18.8 Å². The van der Waals surface area contributed by atoms with Crippen molar-refractivity contribution in [1.82, 2.24) is 0 Å². The van der Waals surface area contributed by atoms with Crippen LogP contribution in [0.1, 0.15) is 24.5 Å². The molecule has 0 aromatic heterocycles. The van der Waals surface area contributed by atoms with E-state index in [1.165, 1.54) is 11.8 Å². The van der Waals surface area contributed by atoms with Crippen molar-refractivity contribution in [1.29, 1.82) is 0 Å². The molecule has 0 aliphatic carbocycles. The van der Waals surface area contributed by atoms with Crippen molar-refractivity contribution in [2.75, 3.05) is 17.2 Å². The zero-order valence-corrected chi connectivity index (χ0v) is 10.9. The Labute approximate surface area is 106 Å². The summed E-state index contributed by atoms with van der Waals surface area (Å²) in [6.45, 7) is 3.51. The van der Waals surface area contributed by atoms with E-state index in [4.69, 9.17) is 11.5 Å². The van der Waals surface area contributed by atoms with Crippen molar-refractivity contribution >= 4 is 28.3 Å². The van der Waals surface area contributed by atoms with Gasteiger partial charge in [0, 0.05) is 24.7 Å². The summed E-state index contributed by atoms with van der Waals surface area (Å²) in [6, 6.07) is 3.61. The molecule has 0 radical (unpaired) electrons. The van der Waals surface area contributed by atoms with Crippen molar-refractivity contribution in [3.05, 3.63) is 23.3 Å². The zero-order chi connectivity index (χ0) is 12.8. The van der Waals surface area contributed by atoms with Crippen LogP contribution in [0.25, 0.3) is 0 Å². The topological polar surface area (TPSA) is 69.1 Å². The van der Waals surface area contributed by atoms with Gasteiger partial charge in [0.25, 0.3) is 0 Å². The first-order chi connectivity index (χ1) is 8.00. The lowest BCUT2D eigenvalue weighted by Crippen LogP contribution is -1.96. The third-order valence-electron chi connectivity index (χ3n) is 2.19. The van der Waals surface area contributed by atoms with E-state index in [-0.39, 0.29) is 5.12 Å². The second kappa shape index (κ2) is 6.21. The molecule has 4 heteroatoms. The standard InChI is InChI=1S/C13H16N2OS/c1-9-7-12(14)13(15)8-11(9)5-3-4-6-17-10(2)16/h7-8H,4,6,14-15H2,1-2H3. The summed E-state index contributed by atoms with van der Waals surface area (Å²) in [6.07, 6.45) is 0.688. The maximum atomic E-state index is 10.7. The number of carbonyl (C=O) groups excluding carboxylic acids is 1. The molecule has 0 unspecified atom stereocenters. The number of thioether (sulfide) groups is 1. The van der Waals surface area contributed by atoms with Gasteiger partial charge in [-0.2, -0.15) is 0 Å². The molecule has 0 saturated carbocycles. The molecule has 0 heterocycles. The molecule has 0 aliphatic heterocycles. The van der Waals surface area contributed by atoms with E-state index in [0.717, 1.165) is 16.9 Å². The maximum Gasteiger partial charge on any atom is 0.185 e. The average molecular weight is 248 g/mol. The number of nitrogen functional groups attached to an aromatic ring is 2. The fourth-order valence-electron chi connectivity index (χ4n) is 1.29. The van der Waals surface area contributed by atoms with E-state index in [1.807, 2.05) is 13.0 Å². The Kier molecular flexibility index (Phi) is 4.92. The summed E-state index contributed by atoms with van der Waals surface area (Å²) >= 11 is 1.29. The SMILES string of the molecule is CC(=O)SCCC#Cc1cc(N)c(N)cc1C. The highest BCUT2D eigenvalue weighted by Gasteiger charge is 1.99. The molecule has 0 fully saturated rings. The van der Waals surface area contributed by atoms with Gasteiger partial charge in [0.05, 0.1) is 11.4 Å². The smallest absolute Gasteiger partial charge is 0.185 e. The monoisotopic (exact) mass is 248 g/mol. The molecule has 0 saturated heterocycles. The Balaban J connectivity index is 2.66. The number of hydrogen-bond donors (Lipinski definition) is 2. The molecule has 0 spiro atoms. The van der Waals surface area contributed by atoms with E-state index in [2.05, 4.69) is 11.8 Å². The normalized spacial score (nSPS) is 9.53. The maximum absolute atomic E-state index is 10.7. The largest absolute Gasteiger partial charge is 0.397 e. The molecule has 1 rings (SSSR count). The molecule has 1 aromatic carbocycles. The summed E-state index contributed by atoms with van der Waals surface area (Å²) in [5.74, 6) is 6.80. The van der Waals surface area contributed by atoms with Gasteiger partial charge >= 0.3 is 0 Å². The van der Waals surface area contributed by atoms with Crippen LogP contribution in [-0.4, -0.2) is 10.9 Å². The number of hydrogen-bond acceptors (Lipinski definition) is 4. The fraction of sp³-hybridized carbons (Fsp3) is 0.308. The van der Waals surface area contributed by atoms with Crippen LogP contribution < -0.4 is 11.5 Å². The van der Waals surface area contributed by atoms with E-state index in [0.29, 0.717) is 17.8 Å². The summed E-state index contributed by atoms with van der Waals surface area (Å²) in [4.78, 5) is 10.7. The highest BCUT2D eigenvalue weighted by atomic mass is 32.2. The predicted octanol–water partition coefficient (Wildman–Crippen LogP) is 2.18. The van der Waals surface area contributed by atoms with Crippen LogP contribution in [0.5, 0.6) is 0 Å². The second-order valence-electron chi connectivity index (χ2n) is 3.69. The van der Waals surface area contributed by atoms with Crippen LogP contribution in [0.4, 0.5) is 11.4 Å². The predicted molar refractivity (Wildman–Crippen MR) is 74.6 cm³/mol. The van der Waals surface area contributed by atoms with Gasteiger partial charge in [0.1, 0.15) is 0 Å². The first-order valence-corrected chi connectivity index (χ1v) is 6.27. The van der Waals surface area contributed by atoms with Crippen molar-refractivity contribution in [3.8, 4) is 11.8 Å². The third kappa shape index (κ3) is 4.41. The minimum atomic E-state index is 0.125. The minimum absolute atomic E-state index is 0.125. The average Bonchev–Trinajstić information content (AvgIpc) is 2.24. The lowest BCUT2D eigenvalue weighted by atomic mass is 10.1. The van der Waals surface area contributed by atoms with Gasteiger partial charge < -0.3 is 11.5 Å². The first kappa shape index (κ1) is 13.5. The number of anilines is 2. The Morgan fingerprint density at radius 3 is 2.65 bits per heavy atom. The molecule has 17 heavy (non-hydrogen) atoms. The Morgan fingerprint density at radius 1 is 1.35 bits per heavy atom. The minimum Gasteiger partial charge on any atom is -0.397 e. The van der Waals surface area contributed by atoms with Crippen molar-refractivity contribution < 1.29 is 4.79 Å². The molecule has 0 atom stereocenters. The van der Waals surface area contributed by atoms with Crippen molar-refractivity contribution in [3.63, 3.8) is 0 Å². The molecule has 0 aliphatic rings. The Hall–Kier alpha value is -1.60. The summed E-state index contributed by atoms with van der Waals surface area (Å²) in [5, 5.41) is 0.125. The summed E-state index contributed by atoms with van der Waals surface area (Å²) in [5.41, 5.74) is 14.5. The van der Waals surface area contributed by atoms with Gasteiger partial charge in [-0.25, -0.2) is 0 Å². The Morgan fingerprint density at radius 2 is 2.00 bits per heavy atom. The molecular weight excluding hydrogens is 232 g/mol. The lowest BCUT2D eigenvalue weighted by molar-refractivity contribution is -0.109. The van der Waals surface area contributed by atoms with Crippen LogP contribution in [0.3, 0.4) is 0 Å². The first-order valence-electron chi connectivity index (χ1n) is 5.28. The van der Waals surface area contributed by atoms with Crippen molar-refractivity contribution in [2.45, 2.75) is 20.3 Å². The van der Waals surface area contributed by atoms with Gasteiger partial charge in [-0.05, 0) is 24.6 Å². The highest BCUT2D eigenvalue weighted by molar-refractivity contribution is 8.13. The van der Waals surface area contributed by atoms with Crippen LogP contribution >= 0.6 is 11.8 Å². The van der Waals surface area contributed by atoms with Crippen molar-refractivity contribution in [2.24, 2.45) is 0 Å². The number of benzene rings is 1.